The highest BCUT2D eigenvalue weighted by Crippen LogP contribution is 2.46. The van der Waals surface area contributed by atoms with Crippen molar-refractivity contribution in [1.29, 1.82) is 0 Å². The Morgan fingerprint density at radius 2 is 1.96 bits per heavy atom. The van der Waals surface area contributed by atoms with Gasteiger partial charge in [0.1, 0.15) is 17.4 Å². The van der Waals surface area contributed by atoms with Crippen LogP contribution in [0.5, 0.6) is 11.5 Å². The Morgan fingerprint density at radius 3 is 2.77 bits per heavy atom. The van der Waals surface area contributed by atoms with Crippen molar-refractivity contribution in [2.45, 2.75) is 25.0 Å². The van der Waals surface area contributed by atoms with Crippen LogP contribution in [-0.2, 0) is 9.59 Å². The molecule has 2 aromatic carbocycles. The number of benzene rings is 2. The number of carbonyl (C=O) groups excluding carboxylic acids is 2. The van der Waals surface area contributed by atoms with Crippen molar-refractivity contribution in [3.63, 3.8) is 0 Å². The first kappa shape index (κ1) is 16.4. The molecule has 26 heavy (non-hydrogen) atoms. The van der Waals surface area contributed by atoms with E-state index >= 15 is 0 Å². The van der Waals surface area contributed by atoms with Crippen LogP contribution in [0.1, 0.15) is 24.8 Å². The Hall–Kier alpha value is -3.02. The molecule has 2 N–H and O–H groups in total. The van der Waals surface area contributed by atoms with Gasteiger partial charge in [0.15, 0.2) is 5.72 Å². The quantitative estimate of drug-likeness (QED) is 0.833. The van der Waals surface area contributed by atoms with E-state index in [0.29, 0.717) is 23.6 Å². The van der Waals surface area contributed by atoms with Crippen LogP contribution in [0.15, 0.2) is 48.5 Å². The molecule has 0 aliphatic carbocycles. The molecule has 2 heterocycles. The van der Waals surface area contributed by atoms with Crippen molar-refractivity contribution < 1.29 is 19.1 Å². The molecular formula is C20H20N2O4. The van der Waals surface area contributed by atoms with Crippen LogP contribution in [0, 0.1) is 5.92 Å². The zero-order chi connectivity index (χ0) is 18.3. The third kappa shape index (κ3) is 2.67. The van der Waals surface area contributed by atoms with Crippen LogP contribution in [0.2, 0.25) is 0 Å². The van der Waals surface area contributed by atoms with Gasteiger partial charge in [0.25, 0.3) is 0 Å². The Morgan fingerprint density at radius 1 is 1.23 bits per heavy atom. The van der Waals surface area contributed by atoms with E-state index in [9.17, 15) is 9.59 Å². The summed E-state index contributed by atoms with van der Waals surface area (Å²) in [5.41, 5.74) is 0.638. The Kier molecular flexibility index (Phi) is 3.83. The lowest BCUT2D eigenvalue weighted by molar-refractivity contribution is -0.145. The lowest BCUT2D eigenvalue weighted by Gasteiger charge is -2.46. The molecule has 0 spiro atoms. The second kappa shape index (κ2) is 6.05. The molecule has 0 saturated carbocycles. The Labute approximate surface area is 151 Å². The predicted molar refractivity (Wildman–Crippen MR) is 96.1 cm³/mol. The van der Waals surface area contributed by atoms with E-state index in [2.05, 4.69) is 10.6 Å². The average molecular weight is 352 g/mol. The number of carbonyl (C=O) groups is 2. The van der Waals surface area contributed by atoms with E-state index in [4.69, 9.17) is 9.47 Å². The number of hydrogen-bond acceptors (Lipinski definition) is 4. The highest BCUT2D eigenvalue weighted by atomic mass is 16.5. The predicted octanol–water partition coefficient (Wildman–Crippen LogP) is 2.66. The topological polar surface area (TPSA) is 76.7 Å². The number of nitrogens with one attached hydrogen (secondary N) is 2. The van der Waals surface area contributed by atoms with Crippen molar-refractivity contribution >= 4 is 17.5 Å². The maximum Gasteiger partial charge on any atom is 0.237 e. The summed E-state index contributed by atoms with van der Waals surface area (Å²) in [7, 11) is 1.54. The minimum atomic E-state index is -0.835. The molecule has 1 fully saturated rings. The van der Waals surface area contributed by atoms with Gasteiger partial charge in [-0.15, -0.1) is 0 Å². The van der Waals surface area contributed by atoms with Crippen LogP contribution in [0.25, 0.3) is 0 Å². The Balaban J connectivity index is 1.68. The van der Waals surface area contributed by atoms with Crippen LogP contribution in [-0.4, -0.2) is 24.6 Å². The number of para-hydroxylation sites is 3. The first-order chi connectivity index (χ1) is 12.5. The van der Waals surface area contributed by atoms with Crippen LogP contribution >= 0.6 is 0 Å². The standard InChI is InChI=1S/C20H20N2O4/c1-20-11-13(12-7-3-5-9-15(12)26-20)17(19(24)22-20)18(23)21-14-8-4-6-10-16(14)25-2/h3-10,13,17H,11H2,1-2H3,(H,21,23)(H,22,24)/t13-,17+,20-/m0/s1. The van der Waals surface area contributed by atoms with Gasteiger partial charge >= 0.3 is 0 Å². The number of hydrogen-bond donors (Lipinski definition) is 2. The summed E-state index contributed by atoms with van der Waals surface area (Å²) < 4.78 is 11.2. The number of piperidine rings is 1. The summed E-state index contributed by atoms with van der Waals surface area (Å²) in [6.45, 7) is 1.84. The van der Waals surface area contributed by atoms with Crippen LogP contribution in [0.3, 0.4) is 0 Å². The molecule has 6 nitrogen and oxygen atoms in total. The van der Waals surface area contributed by atoms with Gasteiger partial charge in [-0.1, -0.05) is 30.3 Å². The van der Waals surface area contributed by atoms with Gasteiger partial charge in [-0.05, 0) is 30.7 Å². The molecule has 3 atom stereocenters. The fourth-order valence-electron chi connectivity index (χ4n) is 3.85. The van der Waals surface area contributed by atoms with Crippen molar-refractivity contribution in [3.05, 3.63) is 54.1 Å². The number of methoxy groups -OCH3 is 1. The van der Waals surface area contributed by atoms with Gasteiger partial charge in [0, 0.05) is 12.3 Å². The molecule has 0 radical (unpaired) electrons. The third-order valence-electron chi connectivity index (χ3n) is 4.98. The van der Waals surface area contributed by atoms with E-state index in [1.54, 1.807) is 25.3 Å². The maximum absolute atomic E-state index is 13.0. The van der Waals surface area contributed by atoms with E-state index in [1.807, 2.05) is 37.3 Å². The van der Waals surface area contributed by atoms with Gasteiger partial charge in [-0.3, -0.25) is 9.59 Å². The molecule has 2 aliphatic rings. The largest absolute Gasteiger partial charge is 0.495 e. The summed E-state index contributed by atoms with van der Waals surface area (Å²) in [5, 5.41) is 5.70. The zero-order valence-corrected chi connectivity index (χ0v) is 14.6. The molecule has 0 aromatic heterocycles. The van der Waals surface area contributed by atoms with Gasteiger partial charge in [-0.2, -0.15) is 0 Å². The van der Waals surface area contributed by atoms with E-state index < -0.39 is 11.6 Å². The lowest BCUT2D eigenvalue weighted by atomic mass is 9.74. The summed E-state index contributed by atoms with van der Waals surface area (Å²) in [6, 6.07) is 14.7. The number of rotatable bonds is 3. The normalized spacial score (nSPS) is 26.2. The molecule has 2 amide bonds. The molecule has 4 rings (SSSR count). The Bertz CT molecular complexity index is 882. The van der Waals surface area contributed by atoms with E-state index in [0.717, 1.165) is 5.56 Å². The fourth-order valence-corrected chi connectivity index (χ4v) is 3.85. The number of anilines is 1. The first-order valence-corrected chi connectivity index (χ1v) is 8.54. The monoisotopic (exact) mass is 352 g/mol. The SMILES string of the molecule is COc1ccccc1NC(=O)[C@@H]1C(=O)N[C@]2(C)C[C@H]1c1ccccc1O2. The van der Waals surface area contributed by atoms with Gasteiger partial charge in [0.2, 0.25) is 11.8 Å². The second-order valence-electron chi connectivity index (χ2n) is 6.84. The van der Waals surface area contributed by atoms with Crippen molar-refractivity contribution in [1.82, 2.24) is 5.32 Å². The summed E-state index contributed by atoms with van der Waals surface area (Å²) in [5.74, 6) is -0.497. The highest BCUT2D eigenvalue weighted by molar-refractivity contribution is 6.08. The van der Waals surface area contributed by atoms with Gasteiger partial charge < -0.3 is 20.1 Å². The molecule has 0 unspecified atom stereocenters. The molecule has 6 heteroatoms. The van der Waals surface area contributed by atoms with Crippen molar-refractivity contribution in [2.24, 2.45) is 5.92 Å². The zero-order valence-electron chi connectivity index (χ0n) is 14.6. The smallest absolute Gasteiger partial charge is 0.237 e. The van der Waals surface area contributed by atoms with Crippen molar-refractivity contribution in [2.75, 3.05) is 12.4 Å². The summed E-state index contributed by atoms with van der Waals surface area (Å²) in [6.07, 6.45) is 0.541. The second-order valence-corrected chi connectivity index (χ2v) is 6.84. The van der Waals surface area contributed by atoms with E-state index in [1.165, 1.54) is 0 Å². The molecule has 134 valence electrons. The molecule has 1 saturated heterocycles. The van der Waals surface area contributed by atoms with Crippen molar-refractivity contribution in [3.8, 4) is 11.5 Å². The minimum absolute atomic E-state index is 0.242. The van der Waals surface area contributed by atoms with Crippen LogP contribution in [0.4, 0.5) is 5.69 Å². The fraction of sp³-hybridized carbons (Fsp3) is 0.300. The molecule has 2 aliphatic heterocycles. The highest BCUT2D eigenvalue weighted by Gasteiger charge is 2.51. The third-order valence-corrected chi connectivity index (χ3v) is 4.98. The average Bonchev–Trinajstić information content (AvgIpc) is 2.61. The van der Waals surface area contributed by atoms with E-state index in [-0.39, 0.29) is 17.7 Å². The first-order valence-electron chi connectivity index (χ1n) is 8.54. The van der Waals surface area contributed by atoms with Crippen LogP contribution < -0.4 is 20.1 Å². The maximum atomic E-state index is 13.0. The molecule has 2 bridgehead atoms. The molecule has 2 aromatic rings. The number of ether oxygens (including phenoxy) is 2. The lowest BCUT2D eigenvalue weighted by Crippen LogP contribution is -2.62. The summed E-state index contributed by atoms with van der Waals surface area (Å²) in [4.78, 5) is 25.7. The number of fused-ring (bicyclic) bond motifs is 4. The summed E-state index contributed by atoms with van der Waals surface area (Å²) >= 11 is 0. The molecular weight excluding hydrogens is 332 g/mol. The number of amides is 2. The van der Waals surface area contributed by atoms with Gasteiger partial charge in [0.05, 0.1) is 12.8 Å². The minimum Gasteiger partial charge on any atom is -0.495 e. The van der Waals surface area contributed by atoms with Gasteiger partial charge in [-0.25, -0.2) is 0 Å².